The number of hydrogen-bond donors (Lipinski definition) is 5. The van der Waals surface area contributed by atoms with E-state index in [4.69, 9.17) is 29.7 Å². The molecule has 276 valence electrons. The van der Waals surface area contributed by atoms with Crippen LogP contribution in [0, 0.1) is 11.3 Å². The maximum atomic E-state index is 10.6. The number of alkyl halides is 9. The molecule has 0 spiro atoms. The lowest BCUT2D eigenvalue weighted by molar-refractivity contribution is -0.193. The number of rotatable bonds is 6. The molecular formula is C27H28F9N7O6S. The number of carbonyl (C=O) groups is 3. The van der Waals surface area contributed by atoms with Crippen LogP contribution in [0.25, 0.3) is 5.57 Å². The summed E-state index contributed by atoms with van der Waals surface area (Å²) in [6.45, 7) is 6.43. The fourth-order valence-electron chi connectivity index (χ4n) is 3.41. The van der Waals surface area contributed by atoms with Crippen LogP contribution < -0.4 is 10.6 Å². The highest BCUT2D eigenvalue weighted by Gasteiger charge is 2.39. The van der Waals surface area contributed by atoms with Crippen LogP contribution in [0.15, 0.2) is 46.5 Å². The van der Waals surface area contributed by atoms with E-state index in [1.165, 1.54) is 0 Å². The lowest BCUT2D eigenvalue weighted by Gasteiger charge is -2.32. The molecule has 0 bridgehead atoms. The molecule has 50 heavy (non-hydrogen) atoms. The van der Waals surface area contributed by atoms with Crippen molar-refractivity contribution >= 4 is 46.9 Å². The Labute approximate surface area is 281 Å². The number of hydrogen-bond acceptors (Lipinski definition) is 11. The zero-order valence-electron chi connectivity index (χ0n) is 25.5. The van der Waals surface area contributed by atoms with Crippen molar-refractivity contribution in [2.24, 2.45) is 0 Å². The number of aromatic nitrogens is 2. The van der Waals surface area contributed by atoms with Crippen LogP contribution in [-0.4, -0.2) is 118 Å². The van der Waals surface area contributed by atoms with Gasteiger partial charge in [0.25, 0.3) is 0 Å². The van der Waals surface area contributed by atoms with E-state index in [1.807, 2.05) is 24.3 Å². The lowest BCUT2D eigenvalue weighted by atomic mass is 10.2. The third-order valence-electron chi connectivity index (χ3n) is 5.86. The fraction of sp³-hybridized carbons (Fsp3) is 0.407. The molecule has 2 aliphatic rings. The molecule has 0 amide bonds. The van der Waals surface area contributed by atoms with Crippen molar-refractivity contribution in [2.45, 2.75) is 29.8 Å². The number of carboxylic acid groups (broad SMARTS) is 3. The van der Waals surface area contributed by atoms with Gasteiger partial charge in [0, 0.05) is 43.8 Å². The zero-order chi connectivity index (χ0) is 38.3. The Morgan fingerprint density at radius 1 is 0.900 bits per heavy atom. The summed E-state index contributed by atoms with van der Waals surface area (Å²) in [5.74, 6) is -7.71. The minimum Gasteiger partial charge on any atom is -0.475 e. The third-order valence-corrected chi connectivity index (χ3v) is 6.94. The Hall–Kier alpha value is -4.82. The number of nitriles is 1. The van der Waals surface area contributed by atoms with Gasteiger partial charge in [-0.25, -0.2) is 24.4 Å². The van der Waals surface area contributed by atoms with Crippen LogP contribution >= 0.6 is 11.8 Å². The summed E-state index contributed by atoms with van der Waals surface area (Å²) < 4.78 is 95.2. The average Bonchev–Trinajstić information content (AvgIpc) is 3.44. The molecule has 0 radical (unpaired) electrons. The lowest BCUT2D eigenvalue weighted by Crippen LogP contribution is -2.44. The fourth-order valence-corrected chi connectivity index (χ4v) is 4.42. The largest absolute Gasteiger partial charge is 0.490 e. The standard InChI is InChI=1S/C21H25N7S.3C2HF3O2/c1-27-11-13-28(14-12-27)10-4-8-23-21-24-9-7-17(26-21)16(15-22)20-25-18-5-2-3-6-19(18)29-20;3*3-2(4,5)1(6)7/h2-3,5-7,9,25H,4,8,10-14H2,1H3,(H,23,24,26);3*(H,6,7)/b20-16+;;;. The second kappa shape index (κ2) is 19.4. The van der Waals surface area contributed by atoms with Gasteiger partial charge in [-0.3, -0.25) is 0 Å². The van der Waals surface area contributed by atoms with Gasteiger partial charge in [-0.15, -0.1) is 0 Å². The Morgan fingerprint density at radius 3 is 1.86 bits per heavy atom. The minimum absolute atomic E-state index is 0.536. The van der Waals surface area contributed by atoms with Crippen molar-refractivity contribution in [2.75, 3.05) is 56.9 Å². The van der Waals surface area contributed by atoms with E-state index in [9.17, 15) is 44.8 Å². The summed E-state index contributed by atoms with van der Waals surface area (Å²) >= 11 is 1.56. The van der Waals surface area contributed by atoms with E-state index in [0.717, 1.165) is 61.3 Å². The number of carboxylic acids is 3. The van der Waals surface area contributed by atoms with Crippen molar-refractivity contribution in [3.05, 3.63) is 47.3 Å². The third kappa shape index (κ3) is 16.1. The first-order valence-corrected chi connectivity index (χ1v) is 14.4. The molecule has 2 aliphatic heterocycles. The summed E-state index contributed by atoms with van der Waals surface area (Å²) in [5, 5.41) is 38.6. The predicted octanol–water partition coefficient (Wildman–Crippen LogP) is 4.84. The number of allylic oxidation sites excluding steroid dienone is 1. The molecule has 1 fully saturated rings. The Bertz CT molecular complexity index is 1440. The van der Waals surface area contributed by atoms with Gasteiger partial charge >= 0.3 is 36.4 Å². The van der Waals surface area contributed by atoms with Crippen LogP contribution in [0.5, 0.6) is 0 Å². The molecule has 1 aromatic carbocycles. The van der Waals surface area contributed by atoms with Crippen molar-refractivity contribution in [3.8, 4) is 6.07 Å². The number of nitrogens with one attached hydrogen (secondary N) is 2. The molecule has 1 saturated heterocycles. The summed E-state index contributed by atoms with van der Waals surface area (Å²) in [6.07, 6.45) is -12.5. The smallest absolute Gasteiger partial charge is 0.475 e. The summed E-state index contributed by atoms with van der Waals surface area (Å²) in [4.78, 5) is 41.6. The first kappa shape index (κ1) is 43.2. The number of aliphatic carboxylic acids is 3. The van der Waals surface area contributed by atoms with Gasteiger partial charge in [-0.2, -0.15) is 44.8 Å². The van der Waals surface area contributed by atoms with Crippen molar-refractivity contribution in [3.63, 3.8) is 0 Å². The minimum atomic E-state index is -5.08. The normalized spacial score (nSPS) is 15.5. The summed E-state index contributed by atoms with van der Waals surface area (Å²) in [7, 11) is 2.17. The number of anilines is 2. The number of likely N-dealkylation sites (N-methyl/N-ethyl adjacent to an activating group) is 1. The van der Waals surface area contributed by atoms with E-state index >= 15 is 0 Å². The van der Waals surface area contributed by atoms with Crippen molar-refractivity contribution in [1.29, 1.82) is 5.26 Å². The van der Waals surface area contributed by atoms with Crippen LogP contribution in [-0.2, 0) is 14.4 Å². The van der Waals surface area contributed by atoms with Crippen LogP contribution in [0.2, 0.25) is 0 Å². The summed E-state index contributed by atoms with van der Waals surface area (Å²) in [6, 6.07) is 12.1. The predicted molar refractivity (Wildman–Crippen MR) is 159 cm³/mol. The molecule has 5 N–H and O–H groups in total. The number of fused-ring (bicyclic) bond motifs is 1. The van der Waals surface area contributed by atoms with Crippen LogP contribution in [0.1, 0.15) is 12.1 Å². The van der Waals surface area contributed by atoms with Crippen LogP contribution in [0.4, 0.5) is 51.1 Å². The number of thioether (sulfide) groups is 1. The molecule has 4 rings (SSSR count). The molecular weight excluding hydrogens is 721 g/mol. The monoisotopic (exact) mass is 749 g/mol. The zero-order valence-corrected chi connectivity index (χ0v) is 26.3. The van der Waals surface area contributed by atoms with Gasteiger partial charge in [0.05, 0.1) is 16.4 Å². The Morgan fingerprint density at radius 2 is 1.40 bits per heavy atom. The van der Waals surface area contributed by atoms with E-state index in [0.29, 0.717) is 17.2 Å². The van der Waals surface area contributed by atoms with E-state index in [1.54, 1.807) is 24.0 Å². The number of nitrogens with zero attached hydrogens (tertiary/aromatic N) is 5. The summed E-state index contributed by atoms with van der Waals surface area (Å²) in [5.41, 5.74) is 2.19. The quantitative estimate of drug-likeness (QED) is 0.153. The second-order valence-corrected chi connectivity index (χ2v) is 10.7. The van der Waals surface area contributed by atoms with E-state index in [-0.39, 0.29) is 0 Å². The van der Waals surface area contributed by atoms with E-state index < -0.39 is 36.4 Å². The van der Waals surface area contributed by atoms with Gasteiger partial charge in [0.1, 0.15) is 11.6 Å². The number of para-hydroxylation sites is 1. The molecule has 13 nitrogen and oxygen atoms in total. The molecule has 1 aromatic heterocycles. The number of benzene rings is 1. The van der Waals surface area contributed by atoms with Crippen molar-refractivity contribution in [1.82, 2.24) is 19.8 Å². The van der Waals surface area contributed by atoms with Gasteiger partial charge in [-0.1, -0.05) is 23.9 Å². The molecule has 0 unspecified atom stereocenters. The van der Waals surface area contributed by atoms with Gasteiger partial charge in [0.2, 0.25) is 5.95 Å². The highest BCUT2D eigenvalue weighted by Crippen LogP contribution is 2.43. The van der Waals surface area contributed by atoms with Crippen LogP contribution in [0.3, 0.4) is 0 Å². The molecule has 3 heterocycles. The highest BCUT2D eigenvalue weighted by molar-refractivity contribution is 8.04. The van der Waals surface area contributed by atoms with Gasteiger partial charge in [-0.05, 0) is 38.2 Å². The van der Waals surface area contributed by atoms with Gasteiger partial charge < -0.3 is 35.8 Å². The maximum absolute atomic E-state index is 10.6. The molecule has 0 saturated carbocycles. The first-order chi connectivity index (χ1) is 23.1. The second-order valence-electron chi connectivity index (χ2n) is 9.64. The topological polar surface area (TPSA) is 192 Å². The molecule has 23 heteroatoms. The first-order valence-electron chi connectivity index (χ1n) is 13.6. The molecule has 2 aromatic rings. The van der Waals surface area contributed by atoms with E-state index in [2.05, 4.69) is 43.5 Å². The Balaban J connectivity index is 0.000000486. The Kier molecular flexibility index (Phi) is 16.8. The van der Waals surface area contributed by atoms with Crippen molar-refractivity contribution < 1.29 is 69.2 Å². The molecule has 0 aliphatic carbocycles. The van der Waals surface area contributed by atoms with Gasteiger partial charge in [0.15, 0.2) is 0 Å². The number of piperazine rings is 1. The highest BCUT2D eigenvalue weighted by atomic mass is 32.2. The SMILES string of the molecule is CN1CCN(CCCNc2nccc(/C(C#N)=C3\Nc4ccccc4S3)n2)CC1.O=C(O)C(F)(F)F.O=C(O)C(F)(F)F.O=C(O)C(F)(F)F. The number of halogens is 9. The maximum Gasteiger partial charge on any atom is 0.490 e. The average molecular weight is 750 g/mol. The molecule has 0 atom stereocenters.